The van der Waals surface area contributed by atoms with Gasteiger partial charge in [0.25, 0.3) is 0 Å². The SMILES string of the molecule is CCNC(=NCc1ccccc1OC1CCC1)NCc1cccs1.I. The summed E-state index contributed by atoms with van der Waals surface area (Å²) in [6, 6.07) is 12.4. The van der Waals surface area contributed by atoms with Crippen LogP contribution in [0.5, 0.6) is 5.75 Å². The van der Waals surface area contributed by atoms with Crippen molar-refractivity contribution in [2.75, 3.05) is 6.54 Å². The summed E-state index contributed by atoms with van der Waals surface area (Å²) in [5, 5.41) is 8.78. The molecular formula is C19H26IN3OS. The number of para-hydroxylation sites is 1. The van der Waals surface area contributed by atoms with E-state index < -0.39 is 0 Å². The van der Waals surface area contributed by atoms with E-state index in [2.05, 4.69) is 47.2 Å². The van der Waals surface area contributed by atoms with Gasteiger partial charge in [0.05, 0.1) is 19.2 Å². The molecule has 0 unspecified atom stereocenters. The van der Waals surface area contributed by atoms with Crippen LogP contribution in [-0.4, -0.2) is 18.6 Å². The van der Waals surface area contributed by atoms with Crippen molar-refractivity contribution < 1.29 is 4.74 Å². The van der Waals surface area contributed by atoms with E-state index in [1.54, 1.807) is 11.3 Å². The average molecular weight is 471 g/mol. The molecule has 1 aromatic heterocycles. The highest BCUT2D eigenvalue weighted by Gasteiger charge is 2.20. The monoisotopic (exact) mass is 471 g/mol. The molecule has 1 saturated carbocycles. The van der Waals surface area contributed by atoms with Gasteiger partial charge in [0, 0.05) is 17.0 Å². The van der Waals surface area contributed by atoms with E-state index in [-0.39, 0.29) is 24.0 Å². The molecule has 0 aliphatic heterocycles. The number of nitrogens with one attached hydrogen (secondary N) is 2. The maximum Gasteiger partial charge on any atom is 0.191 e. The second kappa shape index (κ2) is 10.7. The van der Waals surface area contributed by atoms with Gasteiger partial charge in [-0.15, -0.1) is 35.3 Å². The minimum absolute atomic E-state index is 0. The second-order valence-corrected chi connectivity index (χ2v) is 6.94. The predicted molar refractivity (Wildman–Crippen MR) is 116 cm³/mol. The van der Waals surface area contributed by atoms with Crippen molar-refractivity contribution in [1.82, 2.24) is 10.6 Å². The zero-order chi connectivity index (χ0) is 16.6. The number of aliphatic imine (C=N–C) groups is 1. The summed E-state index contributed by atoms with van der Waals surface area (Å²) >= 11 is 1.75. The van der Waals surface area contributed by atoms with Crippen LogP contribution in [0.15, 0.2) is 46.8 Å². The summed E-state index contributed by atoms with van der Waals surface area (Å²) in [4.78, 5) is 6.01. The number of benzene rings is 1. The van der Waals surface area contributed by atoms with Gasteiger partial charge in [-0.25, -0.2) is 4.99 Å². The molecule has 0 saturated heterocycles. The highest BCUT2D eigenvalue weighted by molar-refractivity contribution is 14.0. The first-order chi connectivity index (χ1) is 11.8. The van der Waals surface area contributed by atoms with Crippen molar-refractivity contribution in [3.8, 4) is 5.75 Å². The smallest absolute Gasteiger partial charge is 0.191 e. The van der Waals surface area contributed by atoms with E-state index in [9.17, 15) is 0 Å². The Balaban J connectivity index is 0.00000225. The standard InChI is InChI=1S/C19H25N3OS.HI/c1-2-20-19(22-14-17-10-6-12-24-17)21-13-15-7-3-4-11-18(15)23-16-8-5-9-16;/h3-4,6-7,10-12,16H,2,5,8-9,13-14H2,1H3,(H2,20,21,22);1H. The van der Waals surface area contributed by atoms with Gasteiger partial charge < -0.3 is 15.4 Å². The predicted octanol–water partition coefficient (Wildman–Crippen LogP) is 4.55. The number of rotatable bonds is 7. The lowest BCUT2D eigenvalue weighted by atomic mass is 9.96. The first-order valence-corrected chi connectivity index (χ1v) is 9.52. The summed E-state index contributed by atoms with van der Waals surface area (Å²) in [5.74, 6) is 1.81. The zero-order valence-corrected chi connectivity index (χ0v) is 17.7. The Morgan fingerprint density at radius 3 is 2.72 bits per heavy atom. The molecule has 1 fully saturated rings. The first kappa shape index (κ1) is 20.0. The van der Waals surface area contributed by atoms with Crippen molar-refractivity contribution in [3.63, 3.8) is 0 Å². The Labute approximate surface area is 171 Å². The molecule has 1 heterocycles. The number of hydrogen-bond donors (Lipinski definition) is 2. The third-order valence-corrected chi connectivity index (χ3v) is 4.96. The molecule has 1 aliphatic carbocycles. The second-order valence-electron chi connectivity index (χ2n) is 5.91. The van der Waals surface area contributed by atoms with Gasteiger partial charge in [0.15, 0.2) is 5.96 Å². The Hall–Kier alpha value is -1.28. The minimum Gasteiger partial charge on any atom is -0.490 e. The maximum absolute atomic E-state index is 6.08. The van der Waals surface area contributed by atoms with E-state index in [0.717, 1.165) is 30.4 Å². The molecule has 3 rings (SSSR count). The van der Waals surface area contributed by atoms with E-state index in [1.807, 2.05) is 12.1 Å². The number of nitrogens with zero attached hydrogens (tertiary/aromatic N) is 1. The lowest BCUT2D eigenvalue weighted by Gasteiger charge is -2.27. The highest BCUT2D eigenvalue weighted by Crippen LogP contribution is 2.27. The molecular weight excluding hydrogens is 445 g/mol. The van der Waals surface area contributed by atoms with Crippen LogP contribution in [0.25, 0.3) is 0 Å². The van der Waals surface area contributed by atoms with Gasteiger partial charge in [-0.05, 0) is 43.7 Å². The quantitative estimate of drug-likeness (QED) is 0.354. The molecule has 25 heavy (non-hydrogen) atoms. The van der Waals surface area contributed by atoms with E-state index in [0.29, 0.717) is 12.6 Å². The summed E-state index contributed by atoms with van der Waals surface area (Å²) in [6.07, 6.45) is 4.01. The fourth-order valence-corrected chi connectivity index (χ4v) is 3.15. The number of thiophene rings is 1. The molecule has 1 aliphatic rings. The molecule has 0 amide bonds. The number of halogens is 1. The van der Waals surface area contributed by atoms with Gasteiger partial charge in [0.2, 0.25) is 0 Å². The van der Waals surface area contributed by atoms with Crippen LogP contribution in [-0.2, 0) is 13.1 Å². The van der Waals surface area contributed by atoms with Gasteiger partial charge in [-0.1, -0.05) is 24.3 Å². The fourth-order valence-electron chi connectivity index (χ4n) is 2.51. The van der Waals surface area contributed by atoms with Crippen LogP contribution in [0.3, 0.4) is 0 Å². The summed E-state index contributed by atoms with van der Waals surface area (Å²) in [5.41, 5.74) is 1.14. The van der Waals surface area contributed by atoms with E-state index in [1.165, 1.54) is 24.1 Å². The van der Waals surface area contributed by atoms with Crippen molar-refractivity contribution >= 4 is 41.3 Å². The molecule has 2 aromatic rings. The summed E-state index contributed by atoms with van der Waals surface area (Å²) < 4.78 is 6.08. The zero-order valence-electron chi connectivity index (χ0n) is 14.5. The van der Waals surface area contributed by atoms with Gasteiger partial charge in [-0.2, -0.15) is 0 Å². The third-order valence-electron chi connectivity index (χ3n) is 4.08. The first-order valence-electron chi connectivity index (χ1n) is 8.64. The molecule has 0 spiro atoms. The molecule has 1 aromatic carbocycles. The highest BCUT2D eigenvalue weighted by atomic mass is 127. The van der Waals surface area contributed by atoms with Crippen LogP contribution in [0.4, 0.5) is 0 Å². The van der Waals surface area contributed by atoms with Crippen molar-refractivity contribution in [2.45, 2.75) is 45.4 Å². The Morgan fingerprint density at radius 1 is 1.20 bits per heavy atom. The molecule has 0 radical (unpaired) electrons. The Morgan fingerprint density at radius 2 is 2.04 bits per heavy atom. The molecule has 6 heteroatoms. The lowest BCUT2D eigenvalue weighted by molar-refractivity contribution is 0.119. The van der Waals surface area contributed by atoms with Crippen molar-refractivity contribution in [1.29, 1.82) is 0 Å². The largest absolute Gasteiger partial charge is 0.490 e. The fraction of sp³-hybridized carbons (Fsp3) is 0.421. The van der Waals surface area contributed by atoms with Crippen LogP contribution in [0.2, 0.25) is 0 Å². The van der Waals surface area contributed by atoms with Crippen LogP contribution < -0.4 is 15.4 Å². The third kappa shape index (κ3) is 6.18. The number of guanidine groups is 1. The molecule has 0 bridgehead atoms. The van der Waals surface area contributed by atoms with Crippen LogP contribution in [0.1, 0.15) is 36.6 Å². The van der Waals surface area contributed by atoms with Crippen LogP contribution in [0, 0.1) is 0 Å². The molecule has 0 atom stereocenters. The van der Waals surface area contributed by atoms with E-state index in [4.69, 9.17) is 9.73 Å². The van der Waals surface area contributed by atoms with Gasteiger partial charge in [0.1, 0.15) is 5.75 Å². The number of hydrogen-bond acceptors (Lipinski definition) is 3. The lowest BCUT2D eigenvalue weighted by Crippen LogP contribution is -2.36. The normalized spacial score (nSPS) is 14.4. The summed E-state index contributed by atoms with van der Waals surface area (Å²) in [7, 11) is 0. The maximum atomic E-state index is 6.08. The van der Waals surface area contributed by atoms with Crippen LogP contribution >= 0.6 is 35.3 Å². The van der Waals surface area contributed by atoms with Crippen molar-refractivity contribution in [2.24, 2.45) is 4.99 Å². The average Bonchev–Trinajstić information content (AvgIpc) is 3.08. The van der Waals surface area contributed by atoms with Gasteiger partial charge >= 0.3 is 0 Å². The Kier molecular flexibility index (Phi) is 8.54. The molecule has 4 nitrogen and oxygen atoms in total. The van der Waals surface area contributed by atoms with E-state index >= 15 is 0 Å². The Bertz CT molecular complexity index is 656. The number of ether oxygens (including phenoxy) is 1. The minimum atomic E-state index is 0. The molecule has 2 N–H and O–H groups in total. The summed E-state index contributed by atoms with van der Waals surface area (Å²) in [6.45, 7) is 4.33. The molecule has 136 valence electrons. The van der Waals surface area contributed by atoms with Gasteiger partial charge in [-0.3, -0.25) is 0 Å². The topological polar surface area (TPSA) is 45.7 Å². The van der Waals surface area contributed by atoms with Crippen molar-refractivity contribution in [3.05, 3.63) is 52.2 Å².